The van der Waals surface area contributed by atoms with Crippen molar-refractivity contribution in [3.05, 3.63) is 73.9 Å². The number of carbonyl (C=O) groups excluding carboxylic acids is 2. The number of ether oxygens (including phenoxy) is 1. The monoisotopic (exact) mass is 766 g/mol. The molecule has 0 aromatic heterocycles. The lowest BCUT2D eigenvalue weighted by Crippen LogP contribution is -2.48. The molecule has 3 heterocycles. The number of amides is 2. The maximum absolute atomic E-state index is 14.3. The highest BCUT2D eigenvalue weighted by molar-refractivity contribution is 14.1. The van der Waals surface area contributed by atoms with Gasteiger partial charge >= 0.3 is 7.12 Å². The van der Waals surface area contributed by atoms with Crippen LogP contribution < -0.4 is 4.74 Å². The zero-order valence-electron chi connectivity index (χ0n) is 28.4. The zero-order chi connectivity index (χ0) is 33.9. The number of nitrogens with zero attached hydrogens (tertiary/aromatic N) is 2. The fourth-order valence-corrected chi connectivity index (χ4v) is 9.23. The van der Waals surface area contributed by atoms with Gasteiger partial charge in [-0.3, -0.25) is 19.4 Å². The summed E-state index contributed by atoms with van der Waals surface area (Å²) < 4.78 is 12.4. The van der Waals surface area contributed by atoms with Crippen LogP contribution in [-0.2, 0) is 20.8 Å². The van der Waals surface area contributed by atoms with Gasteiger partial charge in [-0.1, -0.05) is 67.8 Å². The number of imide groups is 1. The number of phenolic OH excluding ortho intramolecular Hbond substituents is 1. The van der Waals surface area contributed by atoms with Crippen LogP contribution in [-0.4, -0.2) is 71.2 Å². The highest BCUT2D eigenvalue weighted by Gasteiger charge is 2.58. The van der Waals surface area contributed by atoms with Crippen molar-refractivity contribution < 1.29 is 29.1 Å². The first-order valence-electron chi connectivity index (χ1n) is 17.7. The number of likely N-dealkylation sites (tertiary alicyclic amines) is 2. The molecule has 6 rings (SSSR count). The van der Waals surface area contributed by atoms with E-state index in [-0.39, 0.29) is 41.5 Å². The number of allylic oxidation sites excluding steroid dienone is 2. The van der Waals surface area contributed by atoms with Crippen LogP contribution >= 0.6 is 22.6 Å². The van der Waals surface area contributed by atoms with Crippen LogP contribution in [0.5, 0.6) is 11.5 Å². The number of halogens is 1. The predicted octanol–water partition coefficient (Wildman–Crippen LogP) is 6.84. The maximum atomic E-state index is 14.3. The normalized spacial score (nSPS) is 25.5. The van der Waals surface area contributed by atoms with Crippen molar-refractivity contribution in [1.82, 2.24) is 9.80 Å². The molecule has 1 aliphatic carbocycles. The van der Waals surface area contributed by atoms with Gasteiger partial charge in [-0.15, -0.1) is 0 Å². The third-order valence-electron chi connectivity index (χ3n) is 10.9. The molecule has 4 atom stereocenters. The van der Waals surface area contributed by atoms with Gasteiger partial charge in [0, 0.05) is 25.7 Å². The quantitative estimate of drug-likeness (QED) is 0.112. The first-order valence-corrected chi connectivity index (χ1v) is 18.7. The van der Waals surface area contributed by atoms with Crippen LogP contribution in [0.1, 0.15) is 76.3 Å². The molecule has 3 fully saturated rings. The lowest BCUT2D eigenvalue weighted by Gasteiger charge is -2.43. The van der Waals surface area contributed by atoms with Gasteiger partial charge in [-0.05, 0) is 109 Å². The average molecular weight is 767 g/mol. The molecular weight excluding hydrogens is 718 g/mol. The third-order valence-corrected chi connectivity index (χ3v) is 11.7. The Morgan fingerprint density at radius 2 is 1.85 bits per heavy atom. The number of carbonyl (C=O) groups is 2. The first-order chi connectivity index (χ1) is 23.2. The van der Waals surface area contributed by atoms with Gasteiger partial charge in [0.25, 0.3) is 0 Å². The van der Waals surface area contributed by atoms with E-state index in [1.54, 1.807) is 12.0 Å². The molecule has 3 aliphatic heterocycles. The van der Waals surface area contributed by atoms with E-state index in [1.807, 2.05) is 18.2 Å². The van der Waals surface area contributed by atoms with Gasteiger partial charge < -0.3 is 19.5 Å². The summed E-state index contributed by atoms with van der Waals surface area (Å²) in [5, 5.41) is 21.3. The SMILES string of the molecule is CCCC1=C2[C@@H](CC/C(=C/c3cc(I)c(O)c(OC)c3)CC)OB(O)C[C@@H]2[C@@H]2C(=O)N(C3CCN(Cc4ccccc4)CC3)C(=O)[C@@H]2C1. The molecule has 0 spiro atoms. The Labute approximate surface area is 298 Å². The number of benzene rings is 2. The van der Waals surface area contributed by atoms with E-state index in [9.17, 15) is 19.7 Å². The van der Waals surface area contributed by atoms with E-state index in [0.717, 1.165) is 67.3 Å². The number of hydrogen-bond acceptors (Lipinski definition) is 7. The van der Waals surface area contributed by atoms with Crippen LogP contribution in [0.2, 0.25) is 6.32 Å². The van der Waals surface area contributed by atoms with Crippen molar-refractivity contribution in [3.8, 4) is 11.5 Å². The van der Waals surface area contributed by atoms with Crippen molar-refractivity contribution in [1.29, 1.82) is 0 Å². The number of phenols is 1. The molecule has 4 aliphatic rings. The van der Waals surface area contributed by atoms with Gasteiger partial charge in [0.2, 0.25) is 11.8 Å². The number of fused-ring (bicyclic) bond motifs is 3. The molecule has 0 unspecified atom stereocenters. The van der Waals surface area contributed by atoms with Gasteiger partial charge in [0.15, 0.2) is 11.5 Å². The molecule has 256 valence electrons. The highest BCUT2D eigenvalue weighted by Crippen LogP contribution is 2.52. The molecule has 0 radical (unpaired) electrons. The molecule has 3 saturated heterocycles. The Morgan fingerprint density at radius 3 is 2.54 bits per heavy atom. The summed E-state index contributed by atoms with van der Waals surface area (Å²) in [6.07, 6.45) is 8.50. The fourth-order valence-electron chi connectivity index (χ4n) is 8.60. The number of aromatic hydroxyl groups is 1. The standard InChI is InChI=1S/C38H48BIN2O6/c1-4-9-27-21-29-35(38(45)42(37(29)44)28-14-16-41(17-15-28)23-25-10-7-6-8-11-25)30-22-39(46)48-32(34(27)30)13-12-24(5-2)18-26-19-31(40)36(43)33(20-26)47-3/h6-8,10-11,18-20,28-30,32,35,43,46H,4-5,9,12-17,21-23H2,1-3H3/b24-18+/t29-,30+,32-,35-/m1/s1. The van der Waals surface area contributed by atoms with E-state index in [2.05, 4.69) is 71.7 Å². The number of rotatable bonds is 11. The molecule has 0 saturated carbocycles. The first kappa shape index (κ1) is 35.2. The molecule has 48 heavy (non-hydrogen) atoms. The molecule has 2 aromatic rings. The second-order valence-electron chi connectivity index (χ2n) is 13.9. The average Bonchev–Trinajstić information content (AvgIpc) is 3.33. The Hall–Kier alpha value is -2.67. The predicted molar refractivity (Wildman–Crippen MR) is 196 cm³/mol. The van der Waals surface area contributed by atoms with Gasteiger partial charge in [0.05, 0.1) is 28.6 Å². The summed E-state index contributed by atoms with van der Waals surface area (Å²) >= 11 is 2.11. The van der Waals surface area contributed by atoms with Gasteiger partial charge in [0.1, 0.15) is 0 Å². The fraction of sp³-hybridized carbons (Fsp3) is 0.526. The van der Waals surface area contributed by atoms with Gasteiger partial charge in [-0.25, -0.2) is 0 Å². The van der Waals surface area contributed by atoms with E-state index in [0.29, 0.717) is 24.9 Å². The maximum Gasteiger partial charge on any atom is 0.455 e. The van der Waals surface area contributed by atoms with Crippen molar-refractivity contribution >= 4 is 47.6 Å². The summed E-state index contributed by atoms with van der Waals surface area (Å²) in [5.74, 6) is -0.422. The second kappa shape index (κ2) is 15.5. The van der Waals surface area contributed by atoms with Crippen LogP contribution in [0, 0.1) is 21.3 Å². The van der Waals surface area contributed by atoms with E-state index in [4.69, 9.17) is 9.39 Å². The zero-order valence-corrected chi connectivity index (χ0v) is 30.5. The lowest BCUT2D eigenvalue weighted by molar-refractivity contribution is -0.144. The molecule has 8 nitrogen and oxygen atoms in total. The minimum absolute atomic E-state index is 0.00754. The van der Waals surface area contributed by atoms with E-state index < -0.39 is 13.0 Å². The molecule has 2 aromatic carbocycles. The number of methoxy groups -OCH3 is 1. The minimum atomic E-state index is -0.972. The van der Waals surface area contributed by atoms with Crippen LogP contribution in [0.25, 0.3) is 6.08 Å². The summed E-state index contributed by atoms with van der Waals surface area (Å²) in [6, 6.07) is 14.2. The Kier molecular flexibility index (Phi) is 11.3. The minimum Gasteiger partial charge on any atom is -0.504 e. The molecule has 10 heteroatoms. The van der Waals surface area contributed by atoms with E-state index in [1.165, 1.54) is 22.3 Å². The van der Waals surface area contributed by atoms with Crippen LogP contribution in [0.3, 0.4) is 0 Å². The van der Waals surface area contributed by atoms with Crippen LogP contribution in [0.4, 0.5) is 0 Å². The highest BCUT2D eigenvalue weighted by atomic mass is 127. The number of piperidine rings is 1. The lowest BCUT2D eigenvalue weighted by atomic mass is 9.58. The third kappa shape index (κ3) is 7.27. The topological polar surface area (TPSA) is 99.5 Å². The van der Waals surface area contributed by atoms with Crippen molar-refractivity contribution in [3.63, 3.8) is 0 Å². The van der Waals surface area contributed by atoms with Gasteiger partial charge in [-0.2, -0.15) is 0 Å². The summed E-state index contributed by atoms with van der Waals surface area (Å²) in [7, 11) is 0.579. The largest absolute Gasteiger partial charge is 0.504 e. The molecule has 2 N–H and O–H groups in total. The molecular formula is C38H48BIN2O6. The second-order valence-corrected chi connectivity index (χ2v) is 15.0. The Morgan fingerprint density at radius 1 is 1.10 bits per heavy atom. The summed E-state index contributed by atoms with van der Waals surface area (Å²) in [5.41, 5.74) is 5.88. The van der Waals surface area contributed by atoms with Crippen molar-refractivity contribution in [2.24, 2.45) is 17.8 Å². The van der Waals surface area contributed by atoms with Crippen LogP contribution in [0.15, 0.2) is 59.2 Å². The van der Waals surface area contributed by atoms with Crippen molar-refractivity contribution in [2.75, 3.05) is 20.2 Å². The number of hydrogen-bond donors (Lipinski definition) is 2. The Bertz CT molecular complexity index is 1560. The summed E-state index contributed by atoms with van der Waals surface area (Å²) in [4.78, 5) is 32.4. The van der Waals surface area contributed by atoms with E-state index >= 15 is 0 Å². The molecule has 0 bridgehead atoms. The smallest absolute Gasteiger partial charge is 0.455 e. The van der Waals surface area contributed by atoms with Crippen molar-refractivity contribution in [2.45, 2.75) is 90.2 Å². The molecule has 2 amide bonds. The Balaban J connectivity index is 1.19. The summed E-state index contributed by atoms with van der Waals surface area (Å²) in [6.45, 7) is 6.89.